The van der Waals surface area contributed by atoms with Crippen molar-refractivity contribution in [3.8, 4) is 0 Å². The first-order valence-electron chi connectivity index (χ1n) is 3.71. The number of halogens is 1. The predicted molar refractivity (Wildman–Crippen MR) is 58.2 cm³/mol. The summed E-state index contributed by atoms with van der Waals surface area (Å²) < 4.78 is 0. The molecule has 0 bridgehead atoms. The summed E-state index contributed by atoms with van der Waals surface area (Å²) in [6.45, 7) is 0.639. The van der Waals surface area contributed by atoms with Crippen LogP contribution in [0, 0.1) is 0 Å². The fraction of sp³-hybridized carbons (Fsp3) is 0.125. The van der Waals surface area contributed by atoms with E-state index < -0.39 is 0 Å². The van der Waals surface area contributed by atoms with E-state index in [0.29, 0.717) is 11.7 Å². The van der Waals surface area contributed by atoms with Gasteiger partial charge in [0.15, 0.2) is 5.11 Å². The Kier molecular flexibility index (Phi) is 3.95. The molecule has 70 valence electrons. The van der Waals surface area contributed by atoms with Crippen molar-refractivity contribution in [3.05, 3.63) is 34.9 Å². The molecule has 1 aromatic carbocycles. The van der Waals surface area contributed by atoms with Crippen LogP contribution in [-0.2, 0) is 6.54 Å². The molecule has 3 nitrogen and oxygen atoms in total. The van der Waals surface area contributed by atoms with Gasteiger partial charge in [-0.15, -0.1) is 0 Å². The first-order chi connectivity index (χ1) is 6.22. The minimum absolute atomic E-state index is 0.426. The van der Waals surface area contributed by atoms with E-state index in [1.165, 1.54) is 0 Å². The molecule has 5 heteroatoms. The summed E-state index contributed by atoms with van der Waals surface area (Å²) in [4.78, 5) is 0. The monoisotopic (exact) mass is 215 g/mol. The van der Waals surface area contributed by atoms with Gasteiger partial charge in [-0.05, 0) is 29.9 Å². The van der Waals surface area contributed by atoms with E-state index >= 15 is 0 Å². The van der Waals surface area contributed by atoms with Crippen LogP contribution in [0.1, 0.15) is 5.56 Å². The molecule has 0 saturated carbocycles. The highest BCUT2D eigenvalue weighted by Crippen LogP contribution is 2.08. The SMILES string of the molecule is NNC(=S)NCc1ccc(Cl)cc1. The minimum atomic E-state index is 0.426. The summed E-state index contributed by atoms with van der Waals surface area (Å²) in [6, 6.07) is 7.51. The van der Waals surface area contributed by atoms with Crippen molar-refractivity contribution in [3.63, 3.8) is 0 Å². The Labute approximate surface area is 87.2 Å². The molecule has 0 saturated heterocycles. The van der Waals surface area contributed by atoms with Gasteiger partial charge in [0.25, 0.3) is 0 Å². The van der Waals surface area contributed by atoms with E-state index in [9.17, 15) is 0 Å². The van der Waals surface area contributed by atoms with Gasteiger partial charge in [-0.25, -0.2) is 5.84 Å². The fourth-order valence-corrected chi connectivity index (χ4v) is 1.03. The molecule has 0 unspecified atom stereocenters. The Morgan fingerprint density at radius 3 is 2.54 bits per heavy atom. The molecule has 1 rings (SSSR count). The number of benzene rings is 1. The van der Waals surface area contributed by atoms with Gasteiger partial charge in [-0.2, -0.15) is 0 Å². The first kappa shape index (κ1) is 10.2. The van der Waals surface area contributed by atoms with Crippen LogP contribution in [0.25, 0.3) is 0 Å². The van der Waals surface area contributed by atoms with E-state index in [-0.39, 0.29) is 0 Å². The standard InChI is InChI=1S/C8H10ClN3S/c9-7-3-1-6(2-4-7)5-11-8(13)12-10/h1-4H,5,10H2,(H2,11,12,13). The lowest BCUT2D eigenvalue weighted by Crippen LogP contribution is -2.39. The average molecular weight is 216 g/mol. The number of hydrazine groups is 1. The normalized spacial score (nSPS) is 9.38. The van der Waals surface area contributed by atoms with Crippen LogP contribution in [0.5, 0.6) is 0 Å². The third kappa shape index (κ3) is 3.59. The molecule has 0 fully saturated rings. The zero-order valence-corrected chi connectivity index (χ0v) is 8.45. The molecule has 0 aliphatic carbocycles. The highest BCUT2D eigenvalue weighted by atomic mass is 35.5. The van der Waals surface area contributed by atoms with Crippen molar-refractivity contribution in [2.45, 2.75) is 6.54 Å². The van der Waals surface area contributed by atoms with Crippen molar-refractivity contribution in [2.75, 3.05) is 0 Å². The number of nitrogens with two attached hydrogens (primary N) is 1. The van der Waals surface area contributed by atoms with Gasteiger partial charge in [0.05, 0.1) is 0 Å². The number of thiocarbonyl (C=S) groups is 1. The molecule has 1 aromatic rings. The summed E-state index contributed by atoms with van der Waals surface area (Å²) in [5, 5.41) is 4.07. The largest absolute Gasteiger partial charge is 0.358 e. The summed E-state index contributed by atoms with van der Waals surface area (Å²) in [5.41, 5.74) is 3.44. The van der Waals surface area contributed by atoms with Crippen LogP contribution in [0.2, 0.25) is 5.02 Å². The van der Waals surface area contributed by atoms with Gasteiger partial charge in [0.2, 0.25) is 0 Å². The van der Waals surface area contributed by atoms with Crippen LogP contribution >= 0.6 is 23.8 Å². The van der Waals surface area contributed by atoms with Crippen LogP contribution in [0.4, 0.5) is 0 Å². The molecule has 0 aliphatic heterocycles. The van der Waals surface area contributed by atoms with Crippen molar-refractivity contribution in [2.24, 2.45) is 5.84 Å². The Hall–Kier alpha value is -0.840. The number of hydrogen-bond acceptors (Lipinski definition) is 2. The Balaban J connectivity index is 2.46. The third-order valence-electron chi connectivity index (χ3n) is 1.50. The highest BCUT2D eigenvalue weighted by molar-refractivity contribution is 7.80. The zero-order chi connectivity index (χ0) is 9.68. The zero-order valence-electron chi connectivity index (χ0n) is 6.88. The van der Waals surface area contributed by atoms with Gasteiger partial charge < -0.3 is 10.7 Å². The first-order valence-corrected chi connectivity index (χ1v) is 4.50. The quantitative estimate of drug-likeness (QED) is 0.394. The smallest absolute Gasteiger partial charge is 0.180 e. The Bertz CT molecular complexity index is 286. The second kappa shape index (κ2) is 5.01. The van der Waals surface area contributed by atoms with Gasteiger partial charge >= 0.3 is 0 Å². The van der Waals surface area contributed by atoms with Crippen molar-refractivity contribution >= 4 is 28.9 Å². The summed E-state index contributed by atoms with van der Waals surface area (Å²) in [5.74, 6) is 5.09. The Morgan fingerprint density at radius 2 is 2.00 bits per heavy atom. The molecule has 0 amide bonds. The van der Waals surface area contributed by atoms with Crippen LogP contribution in [0.3, 0.4) is 0 Å². The molecule has 4 N–H and O–H groups in total. The molecule has 0 spiro atoms. The number of hydrogen-bond donors (Lipinski definition) is 3. The molecule has 0 radical (unpaired) electrons. The summed E-state index contributed by atoms with van der Waals surface area (Å²) >= 11 is 10.5. The molecule has 0 aromatic heterocycles. The molecule has 0 aliphatic rings. The third-order valence-corrected chi connectivity index (χ3v) is 2.01. The average Bonchev–Trinajstić information content (AvgIpc) is 2.16. The molecule has 0 heterocycles. The molecular weight excluding hydrogens is 206 g/mol. The second-order valence-corrected chi connectivity index (χ2v) is 3.30. The van der Waals surface area contributed by atoms with Crippen molar-refractivity contribution in [1.82, 2.24) is 10.7 Å². The van der Waals surface area contributed by atoms with Crippen molar-refractivity contribution in [1.29, 1.82) is 0 Å². The summed E-state index contributed by atoms with van der Waals surface area (Å²) in [7, 11) is 0. The maximum absolute atomic E-state index is 5.72. The van der Waals surface area contributed by atoms with Crippen LogP contribution < -0.4 is 16.6 Å². The number of rotatable bonds is 2. The summed E-state index contributed by atoms with van der Waals surface area (Å²) in [6.07, 6.45) is 0. The van der Waals surface area contributed by atoms with E-state index in [4.69, 9.17) is 29.7 Å². The van der Waals surface area contributed by atoms with Crippen molar-refractivity contribution < 1.29 is 0 Å². The predicted octanol–water partition coefficient (Wildman–Crippen LogP) is 1.18. The van der Waals surface area contributed by atoms with E-state index in [1.54, 1.807) is 0 Å². The minimum Gasteiger partial charge on any atom is -0.358 e. The van der Waals surface area contributed by atoms with Crippen LogP contribution in [0.15, 0.2) is 24.3 Å². The Morgan fingerprint density at radius 1 is 1.38 bits per heavy atom. The maximum Gasteiger partial charge on any atom is 0.180 e. The number of nitrogens with one attached hydrogen (secondary N) is 2. The fourth-order valence-electron chi connectivity index (χ4n) is 0.836. The lowest BCUT2D eigenvalue weighted by atomic mass is 10.2. The lowest BCUT2D eigenvalue weighted by Gasteiger charge is -2.06. The van der Waals surface area contributed by atoms with E-state index in [1.807, 2.05) is 24.3 Å². The van der Waals surface area contributed by atoms with E-state index in [0.717, 1.165) is 10.6 Å². The molecule has 0 atom stereocenters. The van der Waals surface area contributed by atoms with Gasteiger partial charge in [-0.1, -0.05) is 23.7 Å². The topological polar surface area (TPSA) is 50.1 Å². The van der Waals surface area contributed by atoms with Gasteiger partial charge in [0.1, 0.15) is 0 Å². The van der Waals surface area contributed by atoms with Gasteiger partial charge in [0, 0.05) is 11.6 Å². The van der Waals surface area contributed by atoms with E-state index in [2.05, 4.69) is 10.7 Å². The maximum atomic E-state index is 5.72. The lowest BCUT2D eigenvalue weighted by molar-refractivity contribution is 0.866. The molecule has 13 heavy (non-hydrogen) atoms. The van der Waals surface area contributed by atoms with Crippen LogP contribution in [-0.4, -0.2) is 5.11 Å². The second-order valence-electron chi connectivity index (χ2n) is 2.45. The molecular formula is C8H10ClN3S. The highest BCUT2D eigenvalue weighted by Gasteiger charge is 1.93. The van der Waals surface area contributed by atoms with Gasteiger partial charge in [-0.3, -0.25) is 0 Å².